The fraction of sp³-hybridized carbons (Fsp3) is 0.0800. The Morgan fingerprint density at radius 3 is 2.33 bits per heavy atom. The van der Waals surface area contributed by atoms with Crippen molar-refractivity contribution in [2.45, 2.75) is 6.42 Å². The number of aromatic nitrogens is 3. The van der Waals surface area contributed by atoms with Crippen LogP contribution in [0, 0.1) is 0 Å². The third-order valence-corrected chi connectivity index (χ3v) is 6.65. The highest BCUT2D eigenvalue weighted by molar-refractivity contribution is 7.98. The maximum atomic E-state index is 9.62. The van der Waals surface area contributed by atoms with E-state index in [1.54, 1.807) is 53.6 Å². The lowest BCUT2D eigenvalue weighted by Gasteiger charge is -2.09. The summed E-state index contributed by atoms with van der Waals surface area (Å²) < 4.78 is 9.33. The van der Waals surface area contributed by atoms with Gasteiger partial charge in [0.15, 0.2) is 17.3 Å². The molecule has 11 heteroatoms. The molecule has 6 rings (SSSR count). The Kier molecular flexibility index (Phi) is 9.49. The van der Waals surface area contributed by atoms with Crippen LogP contribution < -0.4 is 4.74 Å². The third-order valence-electron chi connectivity index (χ3n) is 4.59. The highest BCUT2D eigenvalue weighted by atomic mass is 35.5. The van der Waals surface area contributed by atoms with E-state index in [4.69, 9.17) is 39.5 Å². The zero-order chi connectivity index (χ0) is 25.3. The summed E-state index contributed by atoms with van der Waals surface area (Å²) in [4.78, 5) is 11.9. The van der Waals surface area contributed by atoms with Crippen LogP contribution in [0.3, 0.4) is 0 Å². The molecule has 5 aromatic rings. The number of rotatable bonds is 3. The van der Waals surface area contributed by atoms with Crippen molar-refractivity contribution >= 4 is 75.3 Å². The van der Waals surface area contributed by atoms with Gasteiger partial charge in [0.1, 0.15) is 11.4 Å². The zero-order valence-corrected chi connectivity index (χ0v) is 22.5. The number of nitrogens with zero attached hydrogens (tertiary/aromatic N) is 3. The van der Waals surface area contributed by atoms with E-state index in [2.05, 4.69) is 19.3 Å². The molecule has 0 bridgehead atoms. The molecule has 0 atom stereocenters. The van der Waals surface area contributed by atoms with E-state index in [1.165, 1.54) is 18.2 Å². The molecule has 3 aromatic carbocycles. The maximum Gasteiger partial charge on any atom is 0.169 e. The molecule has 0 fully saturated rings. The number of aromatic hydroxyl groups is 1. The van der Waals surface area contributed by atoms with Crippen molar-refractivity contribution in [3.63, 3.8) is 0 Å². The van der Waals surface area contributed by atoms with Gasteiger partial charge in [0.05, 0.1) is 21.6 Å². The minimum absolute atomic E-state index is 0.0523. The van der Waals surface area contributed by atoms with E-state index in [9.17, 15) is 5.11 Å². The Morgan fingerprint density at radius 1 is 0.944 bits per heavy atom. The van der Waals surface area contributed by atoms with Gasteiger partial charge in [0.25, 0.3) is 0 Å². The maximum absolute atomic E-state index is 9.62. The molecule has 0 spiro atoms. The van der Waals surface area contributed by atoms with Crippen molar-refractivity contribution in [1.82, 2.24) is 15.0 Å². The van der Waals surface area contributed by atoms with Gasteiger partial charge in [-0.1, -0.05) is 46.9 Å². The van der Waals surface area contributed by atoms with Crippen LogP contribution in [0.4, 0.5) is 0 Å². The van der Waals surface area contributed by atoms with E-state index in [0.717, 1.165) is 22.6 Å². The Bertz CT molecular complexity index is 1370. The minimum Gasteiger partial charge on any atom is -0.504 e. The van der Waals surface area contributed by atoms with Gasteiger partial charge in [-0.15, -0.1) is 11.3 Å². The Labute approximate surface area is 231 Å². The topological polar surface area (TPSA) is 83.4 Å². The summed E-state index contributed by atoms with van der Waals surface area (Å²) in [5, 5.41) is 12.9. The van der Waals surface area contributed by atoms with E-state index < -0.39 is 0 Å². The van der Waals surface area contributed by atoms with E-state index in [-0.39, 0.29) is 11.5 Å². The molecule has 3 heterocycles. The van der Waals surface area contributed by atoms with Crippen LogP contribution in [0.5, 0.6) is 17.2 Å². The number of benzene rings is 3. The lowest BCUT2D eigenvalue weighted by atomic mass is 10.3. The van der Waals surface area contributed by atoms with Crippen molar-refractivity contribution in [2.24, 2.45) is 4.40 Å². The molecule has 0 radical (unpaired) electrons. The average molecular weight is 578 g/mol. The van der Waals surface area contributed by atoms with Gasteiger partial charge in [-0.3, -0.25) is 0 Å². The summed E-state index contributed by atoms with van der Waals surface area (Å²) in [6, 6.07) is 17.4. The minimum atomic E-state index is -0.0523. The van der Waals surface area contributed by atoms with Crippen LogP contribution >= 0.6 is 58.1 Å². The lowest BCUT2D eigenvalue weighted by Crippen LogP contribution is -1.86. The second-order valence-electron chi connectivity index (χ2n) is 7.17. The molecular weight excluding hydrogens is 559 g/mol. The van der Waals surface area contributed by atoms with Crippen molar-refractivity contribution in [3.8, 4) is 28.8 Å². The molecular formula is C25H19Cl3N4O2S2. The molecule has 0 aliphatic carbocycles. The van der Waals surface area contributed by atoms with Crippen molar-refractivity contribution in [3.05, 3.63) is 86.6 Å². The number of aromatic amines is 1. The molecule has 0 saturated heterocycles. The molecule has 2 N–H and O–H groups in total. The third kappa shape index (κ3) is 7.38. The Morgan fingerprint density at radius 2 is 1.72 bits per heavy atom. The SMILES string of the molecule is C1=NSCC1.Oc1cc(Cl)ccc1Oc1ccc(Cl)cc1Cl.c1ccc2[nH]c(-c3cscn3)nc2c1. The lowest BCUT2D eigenvalue weighted by molar-refractivity contribution is 0.411. The number of H-pyrrole nitrogens is 1. The van der Waals surface area contributed by atoms with Crippen LogP contribution in [0.15, 0.2) is 76.0 Å². The number of ether oxygens (including phenoxy) is 1. The number of imidazole rings is 1. The number of fused-ring (bicyclic) bond motifs is 1. The first-order valence-electron chi connectivity index (χ1n) is 10.6. The van der Waals surface area contributed by atoms with Crippen LogP contribution in [-0.4, -0.2) is 32.0 Å². The molecule has 6 nitrogen and oxygen atoms in total. The molecule has 0 unspecified atom stereocenters. The molecule has 0 amide bonds. The van der Waals surface area contributed by atoms with Gasteiger partial charge in [-0.05, 0) is 60.8 Å². The van der Waals surface area contributed by atoms with Crippen LogP contribution in [0.1, 0.15) is 6.42 Å². The Hall–Kier alpha value is -2.75. The van der Waals surface area contributed by atoms with Crippen molar-refractivity contribution in [2.75, 3.05) is 5.75 Å². The predicted octanol–water partition coefficient (Wildman–Crippen LogP) is 8.94. The van der Waals surface area contributed by atoms with Gasteiger partial charge in [-0.25, -0.2) is 14.4 Å². The Balaban J connectivity index is 0.000000143. The smallest absolute Gasteiger partial charge is 0.169 e. The number of phenolic OH excluding ortho intramolecular Hbond substituents is 1. The first kappa shape index (κ1) is 26.3. The number of thiazole rings is 1. The van der Waals surface area contributed by atoms with Crippen LogP contribution in [0.25, 0.3) is 22.6 Å². The predicted molar refractivity (Wildman–Crippen MR) is 152 cm³/mol. The van der Waals surface area contributed by atoms with Crippen LogP contribution in [0.2, 0.25) is 15.1 Å². The molecule has 36 heavy (non-hydrogen) atoms. The number of phenols is 1. The number of halogens is 3. The number of hydrogen-bond donors (Lipinski definition) is 2. The van der Waals surface area contributed by atoms with Crippen LogP contribution in [-0.2, 0) is 0 Å². The summed E-state index contributed by atoms with van der Waals surface area (Å²) in [6.07, 6.45) is 3.12. The summed E-state index contributed by atoms with van der Waals surface area (Å²) in [6.45, 7) is 0. The first-order valence-corrected chi connectivity index (χ1v) is 13.6. The monoisotopic (exact) mass is 576 g/mol. The summed E-state index contributed by atoms with van der Waals surface area (Å²) in [5.74, 6) is 2.67. The second kappa shape index (κ2) is 13.0. The standard InChI is InChI=1S/C12H7Cl3O2.C10H7N3S.C3H5NS/c13-7-1-3-11(9(15)5-7)17-12-4-2-8(14)6-10(12)16;1-2-4-8-7(3-1)12-10(13-8)9-5-14-6-11-9;1-2-4-5-3-1/h1-6,16H;1-6H,(H,12,13);2H,1,3H2. The largest absolute Gasteiger partial charge is 0.504 e. The fourth-order valence-corrected chi connectivity index (χ4v) is 4.60. The van der Waals surface area contributed by atoms with Gasteiger partial charge in [0, 0.05) is 33.5 Å². The van der Waals surface area contributed by atoms with Gasteiger partial charge in [0.2, 0.25) is 0 Å². The molecule has 1 aliphatic rings. The highest BCUT2D eigenvalue weighted by Gasteiger charge is 2.08. The van der Waals surface area contributed by atoms with Gasteiger partial charge in [-0.2, -0.15) is 0 Å². The highest BCUT2D eigenvalue weighted by Crippen LogP contribution is 2.36. The van der Waals surface area contributed by atoms with Gasteiger partial charge >= 0.3 is 0 Å². The zero-order valence-electron chi connectivity index (χ0n) is 18.6. The first-order chi connectivity index (χ1) is 17.5. The van der Waals surface area contributed by atoms with Gasteiger partial charge < -0.3 is 14.8 Å². The summed E-state index contributed by atoms with van der Waals surface area (Å²) >= 11 is 20.6. The fourth-order valence-electron chi connectivity index (χ4n) is 2.92. The molecule has 184 valence electrons. The van der Waals surface area contributed by atoms with E-state index >= 15 is 0 Å². The second-order valence-corrected chi connectivity index (χ2v) is 10.1. The summed E-state index contributed by atoms with van der Waals surface area (Å²) in [5.41, 5.74) is 4.75. The van der Waals surface area contributed by atoms with E-state index in [1.807, 2.05) is 41.4 Å². The number of para-hydroxylation sites is 2. The number of nitrogens with one attached hydrogen (secondary N) is 1. The average Bonchev–Trinajstić information content (AvgIpc) is 3.65. The molecule has 2 aromatic heterocycles. The quantitative estimate of drug-likeness (QED) is 0.209. The van der Waals surface area contributed by atoms with E-state index in [0.29, 0.717) is 20.8 Å². The van der Waals surface area contributed by atoms with Crippen molar-refractivity contribution < 1.29 is 9.84 Å². The summed E-state index contributed by atoms with van der Waals surface area (Å²) in [7, 11) is 0. The van der Waals surface area contributed by atoms with Crippen molar-refractivity contribution in [1.29, 1.82) is 0 Å². The molecule has 1 aliphatic heterocycles. The normalized spacial score (nSPS) is 12.0. The molecule has 0 saturated carbocycles. The number of hydrogen-bond acceptors (Lipinski definition) is 7.